The number of rotatable bonds is 3. The van der Waals surface area contributed by atoms with Gasteiger partial charge in [-0.2, -0.15) is 0 Å². The van der Waals surface area contributed by atoms with Crippen LogP contribution in [0.4, 0.5) is 0 Å². The van der Waals surface area contributed by atoms with Gasteiger partial charge in [-0.3, -0.25) is 0 Å². The standard InChI is InChI=1S/C19H18Cl3N2OS2Te.ClH/c20-28(21,22)11-13-10-26-19-23(12-6-2-1-3-7-12)17(25)16-14-8-4-5-9-15(14)27-18(16)24(13)19;/h1-3,6-7,13H,4-5,8-11H2;1H/q+1;/p-1. The van der Waals surface area contributed by atoms with Crippen LogP contribution < -0.4 is 22.5 Å². The topological polar surface area (TPSA) is 25.9 Å². The molecular formula is C19H18Cl4N2OS2Te. The second kappa shape index (κ2) is 8.71. The van der Waals surface area contributed by atoms with Crippen LogP contribution in [0.2, 0.25) is 4.47 Å². The first-order valence-electron chi connectivity index (χ1n) is 9.17. The van der Waals surface area contributed by atoms with E-state index in [0.29, 0.717) is 4.47 Å². The van der Waals surface area contributed by atoms with Crippen LogP contribution >= 0.6 is 50.0 Å². The number of thioether (sulfide) groups is 1. The van der Waals surface area contributed by atoms with E-state index in [1.807, 2.05) is 34.9 Å². The summed E-state index contributed by atoms with van der Waals surface area (Å²) in [6.07, 6.45) is 4.39. The SMILES string of the molecule is O=c1c2c3c(sc2[n+]2c(n1-c1ccccc1)SCC2C[Te](Cl)(Cl)Cl)CCCC3.[Cl-]. The van der Waals surface area contributed by atoms with Gasteiger partial charge in [-0.05, 0) is 0 Å². The summed E-state index contributed by atoms with van der Waals surface area (Å²) in [6, 6.07) is 10.0. The minimum atomic E-state index is -3.34. The summed E-state index contributed by atoms with van der Waals surface area (Å²) in [7, 11) is 19.1. The normalized spacial score (nSPS) is 18.9. The van der Waals surface area contributed by atoms with E-state index in [0.717, 1.165) is 46.1 Å². The van der Waals surface area contributed by atoms with E-state index in [2.05, 4.69) is 4.57 Å². The van der Waals surface area contributed by atoms with Crippen molar-refractivity contribution >= 4 is 75.0 Å². The Bertz CT molecular complexity index is 1130. The van der Waals surface area contributed by atoms with E-state index in [4.69, 9.17) is 26.9 Å². The van der Waals surface area contributed by atoms with Crippen LogP contribution in [0.5, 0.6) is 0 Å². The Balaban J connectivity index is 0.00000205. The minimum absolute atomic E-state index is 0. The van der Waals surface area contributed by atoms with Crippen LogP contribution in [0.15, 0.2) is 40.3 Å². The van der Waals surface area contributed by atoms with Gasteiger partial charge in [0.05, 0.1) is 0 Å². The Morgan fingerprint density at radius 2 is 1.86 bits per heavy atom. The quantitative estimate of drug-likeness (QED) is 0.255. The zero-order chi connectivity index (χ0) is 19.5. The van der Waals surface area contributed by atoms with E-state index in [1.165, 1.54) is 16.9 Å². The van der Waals surface area contributed by atoms with Gasteiger partial charge in [0, 0.05) is 0 Å². The molecule has 0 bridgehead atoms. The molecule has 3 aromatic rings. The molecule has 0 N–H and O–H groups in total. The predicted molar refractivity (Wildman–Crippen MR) is 122 cm³/mol. The number of nitrogens with zero attached hydrogens (tertiary/aromatic N) is 2. The molecule has 2 aliphatic rings. The molecule has 2 aromatic heterocycles. The third-order valence-electron chi connectivity index (χ3n) is 5.35. The molecule has 29 heavy (non-hydrogen) atoms. The second-order valence-electron chi connectivity index (χ2n) is 7.15. The maximum Gasteiger partial charge on any atom is -1.00 e. The number of hydrogen-bond acceptors (Lipinski definition) is 3. The fraction of sp³-hybridized carbons (Fsp3) is 0.368. The number of halogens is 4. The molecular weight excluding hydrogens is 606 g/mol. The van der Waals surface area contributed by atoms with Gasteiger partial charge in [0.15, 0.2) is 0 Å². The zero-order valence-electron chi connectivity index (χ0n) is 15.2. The van der Waals surface area contributed by atoms with Gasteiger partial charge in [0.25, 0.3) is 0 Å². The fourth-order valence-electron chi connectivity index (χ4n) is 4.18. The van der Waals surface area contributed by atoms with Gasteiger partial charge in [0.1, 0.15) is 0 Å². The van der Waals surface area contributed by atoms with Crippen LogP contribution in [0, 0.1) is 0 Å². The number of benzene rings is 1. The van der Waals surface area contributed by atoms with Gasteiger partial charge in [-0.15, -0.1) is 0 Å². The van der Waals surface area contributed by atoms with Gasteiger partial charge < -0.3 is 12.4 Å². The average molecular weight is 624 g/mol. The van der Waals surface area contributed by atoms with Crippen LogP contribution in [-0.4, -0.2) is 25.1 Å². The first-order valence-corrected chi connectivity index (χ1v) is 21.5. The van der Waals surface area contributed by atoms with Gasteiger partial charge in [-0.25, -0.2) is 0 Å². The smallest absolute Gasteiger partial charge is 1.00 e. The summed E-state index contributed by atoms with van der Waals surface area (Å²) < 4.78 is 4.80. The van der Waals surface area contributed by atoms with Crippen molar-refractivity contribution in [2.45, 2.75) is 41.4 Å². The van der Waals surface area contributed by atoms with Crippen molar-refractivity contribution in [3.63, 3.8) is 0 Å². The predicted octanol–water partition coefficient (Wildman–Crippen LogP) is 2.52. The van der Waals surface area contributed by atoms with Crippen molar-refractivity contribution < 1.29 is 17.0 Å². The molecule has 1 aromatic carbocycles. The fourth-order valence-corrected chi connectivity index (χ4v) is 12.4. The number of fused-ring (bicyclic) bond motifs is 5. The molecule has 5 rings (SSSR count). The molecule has 0 saturated carbocycles. The van der Waals surface area contributed by atoms with Crippen molar-refractivity contribution in [2.24, 2.45) is 0 Å². The maximum atomic E-state index is 13.7. The third-order valence-corrected chi connectivity index (χ3v) is 12.5. The molecule has 0 saturated heterocycles. The Morgan fingerprint density at radius 1 is 1.14 bits per heavy atom. The molecule has 1 unspecified atom stereocenters. The molecule has 3 heterocycles. The van der Waals surface area contributed by atoms with Gasteiger partial charge in [-0.1, -0.05) is 0 Å². The summed E-state index contributed by atoms with van der Waals surface area (Å²) in [4.78, 5) is 16.1. The summed E-state index contributed by atoms with van der Waals surface area (Å²) in [5, 5.41) is 1.85. The minimum Gasteiger partial charge on any atom is -1.00 e. The van der Waals surface area contributed by atoms with E-state index >= 15 is 0 Å². The molecule has 0 radical (unpaired) electrons. The first-order chi connectivity index (χ1) is 13.4. The number of aromatic nitrogens is 2. The molecule has 0 fully saturated rings. The molecule has 1 aliphatic carbocycles. The third kappa shape index (κ3) is 4.10. The van der Waals surface area contributed by atoms with Crippen molar-refractivity contribution in [3.8, 4) is 5.69 Å². The van der Waals surface area contributed by atoms with E-state index in [9.17, 15) is 4.79 Å². The summed E-state index contributed by atoms with van der Waals surface area (Å²) >= 11 is 0.138. The van der Waals surface area contributed by atoms with E-state index < -0.39 is 14.8 Å². The van der Waals surface area contributed by atoms with E-state index in [1.54, 1.807) is 23.1 Å². The average Bonchev–Trinajstić information content (AvgIpc) is 3.23. The number of thiophene rings is 1. The van der Waals surface area contributed by atoms with Crippen LogP contribution in [0.25, 0.3) is 15.9 Å². The zero-order valence-corrected chi connectivity index (χ0v) is 22.2. The van der Waals surface area contributed by atoms with Crippen LogP contribution in [0.1, 0.15) is 29.3 Å². The largest absolute Gasteiger partial charge is 1.00 e. The summed E-state index contributed by atoms with van der Waals surface area (Å²) in [6.45, 7) is 0. The van der Waals surface area contributed by atoms with Crippen molar-refractivity contribution in [3.05, 3.63) is 51.1 Å². The van der Waals surface area contributed by atoms with Crippen molar-refractivity contribution in [1.29, 1.82) is 0 Å². The molecule has 3 nitrogen and oxygen atoms in total. The van der Waals surface area contributed by atoms with Crippen LogP contribution in [-0.2, 0) is 12.8 Å². The molecule has 10 heteroatoms. The molecule has 0 spiro atoms. The molecule has 1 atom stereocenters. The van der Waals surface area contributed by atoms with E-state index in [-0.39, 0.29) is 24.0 Å². The first kappa shape index (κ1) is 22.5. The Hall–Kier alpha value is 0.360. The van der Waals surface area contributed by atoms with Crippen LogP contribution in [0.3, 0.4) is 0 Å². The van der Waals surface area contributed by atoms with Crippen molar-refractivity contribution in [1.82, 2.24) is 4.57 Å². The maximum absolute atomic E-state index is 13.7. The molecule has 156 valence electrons. The molecule has 1 aliphatic heterocycles. The number of para-hydroxylation sites is 1. The number of hydrogen-bond donors (Lipinski definition) is 0. The summed E-state index contributed by atoms with van der Waals surface area (Å²) in [5.74, 6) is 0.841. The van der Waals surface area contributed by atoms with Crippen molar-refractivity contribution in [2.75, 3.05) is 5.75 Å². The summed E-state index contributed by atoms with van der Waals surface area (Å²) in [5.41, 5.74) is 2.25. The number of aryl methyl sites for hydroxylation is 2. The second-order valence-corrected chi connectivity index (χ2v) is 26.8. The van der Waals surface area contributed by atoms with Gasteiger partial charge >= 0.3 is 188 Å². The Kier molecular flexibility index (Phi) is 6.78. The Morgan fingerprint density at radius 3 is 2.59 bits per heavy atom. The Labute approximate surface area is 198 Å². The molecule has 0 amide bonds. The monoisotopic (exact) mass is 624 g/mol. The van der Waals surface area contributed by atoms with Gasteiger partial charge in [0.2, 0.25) is 0 Å².